The lowest BCUT2D eigenvalue weighted by Crippen LogP contribution is -1.87. The molecule has 0 saturated heterocycles. The normalized spacial score (nSPS) is 11.0. The summed E-state index contributed by atoms with van der Waals surface area (Å²) in [6, 6.07) is 17.7. The van der Waals surface area contributed by atoms with E-state index in [0.29, 0.717) is 5.56 Å². The van der Waals surface area contributed by atoms with Gasteiger partial charge in [0.25, 0.3) is 0 Å². The SMILES string of the molecule is C=CCCCCc1ccc(/C=N/N=C/c2ccc(C#N)cc2)cc1. The standard InChI is InChI=1S/C21H21N3/c1-2-3-4-5-6-18-7-11-20(12-8-18)16-23-24-17-21-13-9-19(15-22)10-14-21/h2,7-14,16-17H,1,3-6H2/b23-16+,24-17+. The van der Waals surface area contributed by atoms with Crippen LogP contribution in [0.4, 0.5) is 0 Å². The molecule has 0 radical (unpaired) electrons. The van der Waals surface area contributed by atoms with Gasteiger partial charge in [0.2, 0.25) is 0 Å². The van der Waals surface area contributed by atoms with Crippen LogP contribution in [0.3, 0.4) is 0 Å². The third kappa shape index (κ3) is 6.02. The summed E-state index contributed by atoms with van der Waals surface area (Å²) < 4.78 is 0. The summed E-state index contributed by atoms with van der Waals surface area (Å²) >= 11 is 0. The summed E-state index contributed by atoms with van der Waals surface area (Å²) in [4.78, 5) is 0. The minimum Gasteiger partial charge on any atom is -0.192 e. The van der Waals surface area contributed by atoms with E-state index >= 15 is 0 Å². The molecule has 2 aromatic carbocycles. The highest BCUT2D eigenvalue weighted by Gasteiger charge is 1.94. The molecule has 0 aliphatic carbocycles. The van der Waals surface area contributed by atoms with Crippen molar-refractivity contribution in [2.45, 2.75) is 25.7 Å². The number of hydrogen-bond acceptors (Lipinski definition) is 3. The number of allylic oxidation sites excluding steroid dienone is 1. The molecule has 3 heteroatoms. The van der Waals surface area contributed by atoms with Gasteiger partial charge in [-0.15, -0.1) is 6.58 Å². The van der Waals surface area contributed by atoms with Crippen molar-refractivity contribution in [2.75, 3.05) is 0 Å². The van der Waals surface area contributed by atoms with Crippen molar-refractivity contribution in [2.24, 2.45) is 10.2 Å². The average molecular weight is 315 g/mol. The van der Waals surface area contributed by atoms with E-state index in [2.05, 4.69) is 47.1 Å². The molecule has 0 amide bonds. The van der Waals surface area contributed by atoms with Gasteiger partial charge in [0.15, 0.2) is 0 Å². The van der Waals surface area contributed by atoms with Crippen LogP contribution in [-0.4, -0.2) is 12.4 Å². The zero-order chi connectivity index (χ0) is 17.0. The Hall–Kier alpha value is -2.99. The first-order valence-electron chi connectivity index (χ1n) is 8.08. The number of unbranched alkanes of at least 4 members (excludes halogenated alkanes) is 2. The van der Waals surface area contributed by atoms with Crippen LogP contribution < -0.4 is 0 Å². The second kappa shape index (κ2) is 9.91. The third-order valence-electron chi connectivity index (χ3n) is 3.62. The van der Waals surface area contributed by atoms with E-state index in [4.69, 9.17) is 5.26 Å². The molecule has 0 heterocycles. The highest BCUT2D eigenvalue weighted by atomic mass is 15.2. The lowest BCUT2D eigenvalue weighted by atomic mass is 10.1. The first-order valence-corrected chi connectivity index (χ1v) is 8.08. The van der Waals surface area contributed by atoms with E-state index in [9.17, 15) is 0 Å². The Bertz CT molecular complexity index is 732. The number of aryl methyl sites for hydroxylation is 1. The maximum absolute atomic E-state index is 8.75. The maximum atomic E-state index is 8.75. The molecular formula is C21H21N3. The van der Waals surface area contributed by atoms with Gasteiger partial charge in [-0.05, 0) is 54.5 Å². The van der Waals surface area contributed by atoms with Crippen molar-refractivity contribution in [1.82, 2.24) is 0 Å². The molecule has 24 heavy (non-hydrogen) atoms. The number of nitriles is 1. The van der Waals surface area contributed by atoms with E-state index in [-0.39, 0.29) is 0 Å². The van der Waals surface area contributed by atoms with Gasteiger partial charge in [0, 0.05) is 0 Å². The zero-order valence-corrected chi connectivity index (χ0v) is 13.7. The van der Waals surface area contributed by atoms with Gasteiger partial charge in [0.05, 0.1) is 24.1 Å². The Morgan fingerprint density at radius 2 is 1.46 bits per heavy atom. The Morgan fingerprint density at radius 3 is 2.00 bits per heavy atom. The van der Waals surface area contributed by atoms with Crippen LogP contribution in [0.5, 0.6) is 0 Å². The molecule has 3 nitrogen and oxygen atoms in total. The van der Waals surface area contributed by atoms with Gasteiger partial charge in [-0.3, -0.25) is 0 Å². The van der Waals surface area contributed by atoms with Crippen LogP contribution in [0.15, 0.2) is 71.4 Å². The lowest BCUT2D eigenvalue weighted by Gasteiger charge is -2.00. The fraction of sp³-hybridized carbons (Fsp3) is 0.190. The van der Waals surface area contributed by atoms with Gasteiger partial charge in [-0.1, -0.05) is 42.5 Å². The van der Waals surface area contributed by atoms with Crippen LogP contribution in [0, 0.1) is 11.3 Å². The molecule has 2 rings (SSSR count). The van der Waals surface area contributed by atoms with Gasteiger partial charge in [0.1, 0.15) is 0 Å². The molecule has 0 spiro atoms. The Balaban J connectivity index is 1.83. The first kappa shape index (κ1) is 17.4. The summed E-state index contributed by atoms with van der Waals surface area (Å²) in [5.41, 5.74) is 3.93. The van der Waals surface area contributed by atoms with E-state index in [1.165, 1.54) is 18.4 Å². The topological polar surface area (TPSA) is 48.5 Å². The average Bonchev–Trinajstić information content (AvgIpc) is 2.64. The fourth-order valence-electron chi connectivity index (χ4n) is 2.23. The second-order valence-corrected chi connectivity index (χ2v) is 5.50. The van der Waals surface area contributed by atoms with E-state index in [1.54, 1.807) is 24.6 Å². The summed E-state index contributed by atoms with van der Waals surface area (Å²) in [6.07, 6.45) is 9.94. The van der Waals surface area contributed by atoms with Crippen LogP contribution in [-0.2, 0) is 6.42 Å². The molecule has 0 aromatic heterocycles. The molecule has 0 N–H and O–H groups in total. The van der Waals surface area contributed by atoms with Crippen molar-refractivity contribution < 1.29 is 0 Å². The molecule has 120 valence electrons. The maximum Gasteiger partial charge on any atom is 0.0991 e. The number of benzene rings is 2. The van der Waals surface area contributed by atoms with Gasteiger partial charge in [-0.2, -0.15) is 15.5 Å². The van der Waals surface area contributed by atoms with Crippen LogP contribution in [0.2, 0.25) is 0 Å². The molecule has 0 atom stereocenters. The number of rotatable bonds is 8. The first-order chi connectivity index (χ1) is 11.8. The number of hydrogen-bond donors (Lipinski definition) is 0. The summed E-state index contributed by atoms with van der Waals surface area (Å²) in [7, 11) is 0. The molecule has 0 saturated carbocycles. The van der Waals surface area contributed by atoms with E-state index in [0.717, 1.165) is 24.0 Å². The van der Waals surface area contributed by atoms with Crippen molar-refractivity contribution in [1.29, 1.82) is 5.26 Å². The van der Waals surface area contributed by atoms with Crippen LogP contribution >= 0.6 is 0 Å². The Morgan fingerprint density at radius 1 is 0.875 bits per heavy atom. The zero-order valence-electron chi connectivity index (χ0n) is 13.7. The predicted molar refractivity (Wildman–Crippen MR) is 101 cm³/mol. The highest BCUT2D eigenvalue weighted by Crippen LogP contribution is 2.08. The highest BCUT2D eigenvalue weighted by molar-refractivity contribution is 5.82. The largest absolute Gasteiger partial charge is 0.192 e. The van der Waals surface area contributed by atoms with Gasteiger partial charge < -0.3 is 0 Å². The van der Waals surface area contributed by atoms with Crippen molar-refractivity contribution >= 4 is 12.4 Å². The van der Waals surface area contributed by atoms with E-state index < -0.39 is 0 Å². The Labute approximate surface area is 143 Å². The van der Waals surface area contributed by atoms with Crippen molar-refractivity contribution in [3.8, 4) is 6.07 Å². The van der Waals surface area contributed by atoms with Crippen molar-refractivity contribution in [3.63, 3.8) is 0 Å². The Kier molecular flexibility index (Phi) is 7.17. The molecule has 2 aromatic rings. The quantitative estimate of drug-likeness (QED) is 0.295. The summed E-state index contributed by atoms with van der Waals surface area (Å²) in [6.45, 7) is 3.74. The van der Waals surface area contributed by atoms with Gasteiger partial charge in [-0.25, -0.2) is 0 Å². The molecular weight excluding hydrogens is 294 g/mol. The van der Waals surface area contributed by atoms with Gasteiger partial charge >= 0.3 is 0 Å². The molecule has 0 fully saturated rings. The monoisotopic (exact) mass is 315 g/mol. The lowest BCUT2D eigenvalue weighted by molar-refractivity contribution is 0.748. The number of nitrogens with zero attached hydrogens (tertiary/aromatic N) is 3. The minimum atomic E-state index is 0.639. The van der Waals surface area contributed by atoms with E-state index in [1.807, 2.05) is 18.2 Å². The molecule has 0 aliphatic heterocycles. The smallest absolute Gasteiger partial charge is 0.0991 e. The van der Waals surface area contributed by atoms with Crippen LogP contribution in [0.1, 0.15) is 41.5 Å². The summed E-state index contributed by atoms with van der Waals surface area (Å²) in [5.74, 6) is 0. The minimum absolute atomic E-state index is 0.639. The van der Waals surface area contributed by atoms with Crippen molar-refractivity contribution in [3.05, 3.63) is 83.4 Å². The predicted octanol–water partition coefficient (Wildman–Crippen LogP) is 4.91. The second-order valence-electron chi connectivity index (χ2n) is 5.50. The molecule has 0 unspecified atom stereocenters. The third-order valence-corrected chi connectivity index (χ3v) is 3.62. The van der Waals surface area contributed by atoms with Crippen LogP contribution in [0.25, 0.3) is 0 Å². The molecule has 0 bridgehead atoms. The summed E-state index contributed by atoms with van der Waals surface area (Å²) in [5, 5.41) is 16.8. The fourth-order valence-corrected chi connectivity index (χ4v) is 2.23. The molecule has 0 aliphatic rings.